The summed E-state index contributed by atoms with van der Waals surface area (Å²) in [4.78, 5) is 24.7. The number of rotatable bonds is 3. The van der Waals surface area contributed by atoms with Crippen molar-refractivity contribution in [2.45, 2.75) is 32.4 Å². The zero-order valence-corrected chi connectivity index (χ0v) is 14.3. The van der Waals surface area contributed by atoms with Gasteiger partial charge in [-0.05, 0) is 36.8 Å². The van der Waals surface area contributed by atoms with Gasteiger partial charge in [0.05, 0.1) is 12.6 Å². The Labute approximate surface area is 142 Å². The van der Waals surface area contributed by atoms with Crippen LogP contribution in [-0.4, -0.2) is 8.52 Å². The number of nitrogens with zero attached hydrogens (tertiary/aromatic N) is 2. The Kier molecular flexibility index (Phi) is 3.58. The van der Waals surface area contributed by atoms with Gasteiger partial charge in [-0.3, -0.25) is 4.79 Å². The number of hydrogen-bond acceptors (Lipinski definition) is 3. The Balaban J connectivity index is 1.63. The minimum Gasteiger partial charge on any atom is -0.255 e. The maximum absolute atomic E-state index is 12.6. The number of halogens is 1. The lowest BCUT2D eigenvalue weighted by Crippen LogP contribution is -2.31. The lowest BCUT2D eigenvalue weighted by Gasteiger charge is -2.14. The normalized spacial score (nSPS) is 28.8. The minimum atomic E-state index is -0.245. The van der Waals surface area contributed by atoms with Crippen molar-refractivity contribution in [1.82, 2.24) is 8.52 Å². The first-order valence-electron chi connectivity index (χ1n) is 7.77. The molecule has 3 aliphatic rings. The number of hydrogen-bond donors (Lipinski definition) is 0. The summed E-state index contributed by atoms with van der Waals surface area (Å²) in [6.07, 6.45) is 11.7. The molecule has 4 rings (SSSR count). The van der Waals surface area contributed by atoms with E-state index in [9.17, 15) is 9.59 Å². The predicted octanol–water partition coefficient (Wildman–Crippen LogP) is 3.22. The third-order valence-electron chi connectivity index (χ3n) is 4.74. The molecule has 3 unspecified atom stereocenters. The molecule has 0 spiro atoms. The lowest BCUT2D eigenvalue weighted by atomic mass is 10.0. The Morgan fingerprint density at radius 2 is 2.22 bits per heavy atom. The van der Waals surface area contributed by atoms with Crippen LogP contribution in [0.4, 0.5) is 0 Å². The first-order valence-corrected chi connectivity index (χ1v) is 8.92. The molecule has 0 bridgehead atoms. The summed E-state index contributed by atoms with van der Waals surface area (Å²) in [6.45, 7) is 2.50. The Hall–Kier alpha value is -1.59. The van der Waals surface area contributed by atoms with Crippen LogP contribution in [0.15, 0.2) is 56.1 Å². The zero-order chi connectivity index (χ0) is 16.1. The largest absolute Gasteiger partial charge is 0.342 e. The monoisotopic (exact) mass is 348 g/mol. The van der Waals surface area contributed by atoms with Crippen LogP contribution < -0.4 is 10.6 Å². The highest BCUT2D eigenvalue weighted by molar-refractivity contribution is 7.03. The van der Waals surface area contributed by atoms with E-state index in [-0.39, 0.29) is 16.6 Å². The summed E-state index contributed by atoms with van der Waals surface area (Å²) in [5.41, 5.74) is 2.19. The van der Waals surface area contributed by atoms with Gasteiger partial charge in [0, 0.05) is 23.0 Å². The van der Waals surface area contributed by atoms with E-state index in [4.69, 9.17) is 11.6 Å². The summed E-state index contributed by atoms with van der Waals surface area (Å²) in [6, 6.07) is -0.163. The number of fused-ring (bicyclic) bond motifs is 1. The van der Waals surface area contributed by atoms with Crippen molar-refractivity contribution in [3.63, 3.8) is 0 Å². The van der Waals surface area contributed by atoms with Crippen LogP contribution in [0, 0.1) is 11.8 Å². The number of allylic oxidation sites excluding steroid dienone is 8. The molecule has 120 valence electrons. The summed E-state index contributed by atoms with van der Waals surface area (Å²) >= 11 is 7.03. The molecule has 0 N–H and O–H groups in total. The minimum absolute atomic E-state index is 0.163. The molecular formula is C17H17ClN2O2S. The maximum Gasteiger partial charge on any atom is 0.342 e. The van der Waals surface area contributed by atoms with Gasteiger partial charge >= 0.3 is 10.6 Å². The van der Waals surface area contributed by atoms with Crippen molar-refractivity contribution in [3.8, 4) is 0 Å². The van der Waals surface area contributed by atoms with E-state index in [1.54, 1.807) is 0 Å². The molecule has 1 aromatic rings. The third-order valence-corrected chi connectivity index (χ3v) is 6.02. The van der Waals surface area contributed by atoms with Gasteiger partial charge in [-0.2, -0.15) is 0 Å². The summed E-state index contributed by atoms with van der Waals surface area (Å²) in [5, 5.41) is 0.699. The SMILES string of the molecule is CC1=CC(Cn2c(=O)sn(C3C=CC=C(Cl)C3)c2=O)=CC2CC12. The van der Waals surface area contributed by atoms with Crippen molar-refractivity contribution in [3.05, 3.63) is 66.7 Å². The van der Waals surface area contributed by atoms with Crippen LogP contribution >= 0.6 is 23.1 Å². The van der Waals surface area contributed by atoms with Gasteiger partial charge in [-0.1, -0.05) is 41.5 Å². The van der Waals surface area contributed by atoms with Crippen LogP contribution in [0.3, 0.4) is 0 Å². The van der Waals surface area contributed by atoms with Gasteiger partial charge in [0.1, 0.15) is 0 Å². The topological polar surface area (TPSA) is 44.0 Å². The van der Waals surface area contributed by atoms with Crippen molar-refractivity contribution in [2.75, 3.05) is 0 Å². The highest BCUT2D eigenvalue weighted by atomic mass is 35.5. The summed E-state index contributed by atoms with van der Waals surface area (Å²) in [5.74, 6) is 1.30. The first-order chi connectivity index (χ1) is 11.0. The quantitative estimate of drug-likeness (QED) is 0.841. The third kappa shape index (κ3) is 2.72. The van der Waals surface area contributed by atoms with Crippen molar-refractivity contribution >= 4 is 23.1 Å². The van der Waals surface area contributed by atoms with Gasteiger partial charge in [0.15, 0.2) is 0 Å². The molecule has 4 nitrogen and oxygen atoms in total. The average molecular weight is 349 g/mol. The molecule has 23 heavy (non-hydrogen) atoms. The van der Waals surface area contributed by atoms with E-state index >= 15 is 0 Å². The number of aromatic nitrogens is 2. The zero-order valence-electron chi connectivity index (χ0n) is 12.7. The second kappa shape index (κ2) is 5.49. The molecule has 1 heterocycles. The fourth-order valence-electron chi connectivity index (χ4n) is 3.42. The molecule has 3 atom stereocenters. The molecule has 1 saturated carbocycles. The van der Waals surface area contributed by atoms with E-state index in [2.05, 4.69) is 19.1 Å². The highest BCUT2D eigenvalue weighted by Gasteiger charge is 2.38. The summed E-state index contributed by atoms with van der Waals surface area (Å²) < 4.78 is 2.87. The molecule has 3 aliphatic carbocycles. The van der Waals surface area contributed by atoms with Crippen molar-refractivity contribution < 1.29 is 0 Å². The molecule has 1 fully saturated rings. The average Bonchev–Trinajstić information content (AvgIpc) is 3.24. The van der Waals surface area contributed by atoms with Crippen molar-refractivity contribution in [1.29, 1.82) is 0 Å². The van der Waals surface area contributed by atoms with Gasteiger partial charge < -0.3 is 0 Å². The Morgan fingerprint density at radius 3 is 2.96 bits per heavy atom. The van der Waals surface area contributed by atoms with Crippen LogP contribution in [0.5, 0.6) is 0 Å². The van der Waals surface area contributed by atoms with Gasteiger partial charge in [-0.25, -0.2) is 13.3 Å². The lowest BCUT2D eigenvalue weighted by molar-refractivity contribution is 0.589. The van der Waals surface area contributed by atoms with Gasteiger partial charge in [-0.15, -0.1) is 0 Å². The molecule has 1 aromatic heterocycles. The molecular weight excluding hydrogens is 332 g/mol. The fourth-order valence-corrected chi connectivity index (χ4v) is 4.52. The van der Waals surface area contributed by atoms with Crippen molar-refractivity contribution in [2.24, 2.45) is 11.8 Å². The van der Waals surface area contributed by atoms with Gasteiger partial charge in [0.2, 0.25) is 0 Å². The Bertz CT molecular complexity index is 896. The molecule has 0 aliphatic heterocycles. The van der Waals surface area contributed by atoms with E-state index in [1.807, 2.05) is 18.2 Å². The molecule has 0 aromatic carbocycles. The molecule has 6 heteroatoms. The smallest absolute Gasteiger partial charge is 0.255 e. The maximum atomic E-state index is 12.6. The van der Waals surface area contributed by atoms with E-state index in [1.165, 1.54) is 20.5 Å². The molecule has 0 radical (unpaired) electrons. The predicted molar refractivity (Wildman–Crippen MR) is 93.0 cm³/mol. The van der Waals surface area contributed by atoms with Crippen LogP contribution in [0.2, 0.25) is 0 Å². The van der Waals surface area contributed by atoms with E-state index in [0.717, 1.165) is 17.1 Å². The second-order valence-corrected chi connectivity index (χ2v) is 7.87. The van der Waals surface area contributed by atoms with E-state index < -0.39 is 0 Å². The Morgan fingerprint density at radius 1 is 1.39 bits per heavy atom. The van der Waals surface area contributed by atoms with E-state index in [0.29, 0.717) is 29.8 Å². The first kappa shape index (κ1) is 15.0. The van der Waals surface area contributed by atoms with Crippen LogP contribution in [-0.2, 0) is 6.54 Å². The standard InChI is InChI=1S/C17H17ClN2O2S/c1-10-5-11(6-12-7-15(10)12)9-19-16(21)20(23-17(19)22)14-4-2-3-13(18)8-14/h2-6,12,14-15H,7-9H2,1H3. The molecule has 0 amide bonds. The highest BCUT2D eigenvalue weighted by Crippen LogP contribution is 2.48. The van der Waals surface area contributed by atoms with Crippen LogP contribution in [0.1, 0.15) is 25.8 Å². The van der Waals surface area contributed by atoms with Crippen LogP contribution in [0.25, 0.3) is 0 Å². The van der Waals surface area contributed by atoms with Gasteiger partial charge in [0.25, 0.3) is 0 Å². The fraction of sp³-hybridized carbons (Fsp3) is 0.412. The summed E-state index contributed by atoms with van der Waals surface area (Å²) in [7, 11) is 0. The molecule has 0 saturated heterocycles. The second-order valence-electron chi connectivity index (χ2n) is 6.46.